The average molecular weight is 412 g/mol. The first kappa shape index (κ1) is 19.8. The van der Waals surface area contributed by atoms with Crippen LogP contribution < -0.4 is 4.72 Å². The molecule has 0 aromatic carbocycles. The van der Waals surface area contributed by atoms with Crippen molar-refractivity contribution in [3.8, 4) is 11.4 Å². The van der Waals surface area contributed by atoms with Gasteiger partial charge in [-0.2, -0.15) is 0 Å². The van der Waals surface area contributed by atoms with Crippen molar-refractivity contribution in [2.75, 3.05) is 18.4 Å². The van der Waals surface area contributed by atoms with Gasteiger partial charge in [0.1, 0.15) is 5.82 Å². The number of rotatable bonds is 9. The van der Waals surface area contributed by atoms with Crippen LogP contribution in [0.1, 0.15) is 31.2 Å². The zero-order chi connectivity index (χ0) is 20.3. The number of pyridine rings is 1. The Morgan fingerprint density at radius 3 is 2.69 bits per heavy atom. The van der Waals surface area contributed by atoms with Gasteiger partial charge in [-0.15, -0.1) is 10.2 Å². The summed E-state index contributed by atoms with van der Waals surface area (Å²) in [5.41, 5.74) is 1.91. The number of nitrogens with one attached hydrogen (secondary N) is 1. The first-order valence-corrected chi connectivity index (χ1v) is 10.5. The van der Waals surface area contributed by atoms with Gasteiger partial charge in [-0.3, -0.25) is 14.3 Å². The van der Waals surface area contributed by atoms with Crippen molar-refractivity contribution in [3.63, 3.8) is 0 Å². The van der Waals surface area contributed by atoms with Crippen LogP contribution in [0, 0.1) is 6.92 Å². The Bertz CT molecular complexity index is 941. The average Bonchev–Trinajstić information content (AvgIpc) is 3.38. The normalized spacial score (nSPS) is 15.8. The van der Waals surface area contributed by atoms with Crippen LogP contribution in [-0.2, 0) is 16.7 Å². The van der Waals surface area contributed by atoms with E-state index in [2.05, 4.69) is 41.4 Å². The fourth-order valence-electron chi connectivity index (χ4n) is 3.30. The fraction of sp³-hybridized carbons (Fsp3) is 0.450. The first-order chi connectivity index (χ1) is 14.1. The molecule has 4 rings (SSSR count). The molecule has 152 valence electrons. The van der Waals surface area contributed by atoms with E-state index in [4.69, 9.17) is 4.74 Å². The van der Waals surface area contributed by atoms with Gasteiger partial charge in [0.05, 0.1) is 12.1 Å². The van der Waals surface area contributed by atoms with E-state index in [9.17, 15) is 0 Å². The zero-order valence-corrected chi connectivity index (χ0v) is 17.7. The lowest BCUT2D eigenvalue weighted by Crippen LogP contribution is -2.25. The Morgan fingerprint density at radius 2 is 2.03 bits per heavy atom. The monoisotopic (exact) mass is 411 g/mol. The Kier molecular flexibility index (Phi) is 5.77. The summed E-state index contributed by atoms with van der Waals surface area (Å²) in [4.78, 5) is 13.0. The molecule has 1 aliphatic carbocycles. The van der Waals surface area contributed by atoms with Crippen molar-refractivity contribution in [1.29, 1.82) is 0 Å². The van der Waals surface area contributed by atoms with E-state index in [1.54, 1.807) is 25.3 Å². The fourth-order valence-corrected chi connectivity index (χ4v) is 3.98. The first-order valence-electron chi connectivity index (χ1n) is 9.66. The molecule has 0 radical (unpaired) electrons. The molecule has 0 aliphatic heterocycles. The molecule has 3 heterocycles. The second-order valence-corrected chi connectivity index (χ2v) is 8.74. The van der Waals surface area contributed by atoms with Crippen LogP contribution in [0.25, 0.3) is 11.4 Å². The lowest BCUT2D eigenvalue weighted by atomic mass is 10.2. The molecule has 3 aromatic rings. The number of ether oxygens (including phenoxy) is 1. The predicted octanol–water partition coefficient (Wildman–Crippen LogP) is 3.27. The van der Waals surface area contributed by atoms with E-state index in [-0.39, 0.29) is 10.8 Å². The van der Waals surface area contributed by atoms with Crippen LogP contribution in [0.3, 0.4) is 0 Å². The van der Waals surface area contributed by atoms with Gasteiger partial charge in [0.15, 0.2) is 5.82 Å². The van der Waals surface area contributed by atoms with E-state index in [1.165, 1.54) is 0 Å². The summed E-state index contributed by atoms with van der Waals surface area (Å²) in [5, 5.41) is 9.17. The molecule has 0 spiro atoms. The molecule has 3 aromatic heterocycles. The Labute approximate surface area is 174 Å². The van der Waals surface area contributed by atoms with Crippen LogP contribution >= 0.6 is 11.9 Å². The van der Waals surface area contributed by atoms with Crippen molar-refractivity contribution >= 4 is 17.9 Å². The molecular formula is C20H25N7OS. The SMILES string of the molecule is COCC1(n2c(NSC(C)Cc3ncc(C)cn3)nnc2-c2cccnc2)CC1. The number of nitrogens with zero attached hydrogens (tertiary/aromatic N) is 6. The molecule has 1 fully saturated rings. The van der Waals surface area contributed by atoms with Crippen LogP contribution in [0.4, 0.5) is 5.95 Å². The van der Waals surface area contributed by atoms with Crippen LogP contribution in [0.2, 0.25) is 0 Å². The van der Waals surface area contributed by atoms with Gasteiger partial charge in [0.2, 0.25) is 5.95 Å². The maximum atomic E-state index is 5.51. The topological polar surface area (TPSA) is 90.6 Å². The molecular weight excluding hydrogens is 386 g/mol. The molecule has 1 atom stereocenters. The highest BCUT2D eigenvalue weighted by Gasteiger charge is 2.48. The highest BCUT2D eigenvalue weighted by Crippen LogP contribution is 2.47. The van der Waals surface area contributed by atoms with Gasteiger partial charge in [-0.25, -0.2) is 9.97 Å². The summed E-state index contributed by atoms with van der Waals surface area (Å²) in [6.45, 7) is 4.76. The van der Waals surface area contributed by atoms with Crippen molar-refractivity contribution in [2.45, 2.75) is 43.9 Å². The summed E-state index contributed by atoms with van der Waals surface area (Å²) < 4.78 is 11.1. The van der Waals surface area contributed by atoms with Crippen molar-refractivity contribution < 1.29 is 4.74 Å². The molecule has 29 heavy (non-hydrogen) atoms. The minimum absolute atomic E-state index is 0.102. The number of hydrogen-bond acceptors (Lipinski definition) is 8. The Morgan fingerprint density at radius 1 is 1.24 bits per heavy atom. The van der Waals surface area contributed by atoms with Crippen LogP contribution in [0.5, 0.6) is 0 Å². The summed E-state index contributed by atoms with van der Waals surface area (Å²) in [6, 6.07) is 3.92. The lowest BCUT2D eigenvalue weighted by molar-refractivity contribution is 0.145. The quantitative estimate of drug-likeness (QED) is 0.537. The summed E-state index contributed by atoms with van der Waals surface area (Å²) in [6.07, 6.45) is 10.1. The van der Waals surface area contributed by atoms with Crippen LogP contribution in [-0.4, -0.2) is 48.7 Å². The highest BCUT2D eigenvalue weighted by molar-refractivity contribution is 8.01. The summed E-state index contributed by atoms with van der Waals surface area (Å²) in [7, 11) is 1.74. The third kappa shape index (κ3) is 4.40. The maximum absolute atomic E-state index is 5.51. The van der Waals surface area contributed by atoms with Crippen molar-refractivity contribution in [1.82, 2.24) is 29.7 Å². The van der Waals surface area contributed by atoms with E-state index in [0.29, 0.717) is 6.61 Å². The van der Waals surface area contributed by atoms with Crippen LogP contribution in [0.15, 0.2) is 36.9 Å². The highest BCUT2D eigenvalue weighted by atomic mass is 32.2. The second kappa shape index (κ2) is 8.46. The second-order valence-electron chi connectivity index (χ2n) is 7.49. The minimum atomic E-state index is -0.102. The van der Waals surface area contributed by atoms with E-state index in [0.717, 1.165) is 48.0 Å². The standard InChI is InChI=1S/C20H25N7OS/c1-14-10-22-17(23-11-14)9-15(2)29-26-19-25-24-18(16-5-4-8-21-12-16)27(19)20(6-7-20)13-28-3/h4-5,8,10-12,15H,6-7,9,13H2,1-3H3,(H,25,26). The maximum Gasteiger partial charge on any atom is 0.235 e. The number of hydrogen-bond donors (Lipinski definition) is 1. The molecule has 1 N–H and O–H groups in total. The van der Waals surface area contributed by atoms with Gasteiger partial charge >= 0.3 is 0 Å². The number of anilines is 1. The number of aryl methyl sites for hydroxylation is 1. The zero-order valence-electron chi connectivity index (χ0n) is 16.9. The largest absolute Gasteiger partial charge is 0.382 e. The van der Waals surface area contributed by atoms with E-state index >= 15 is 0 Å². The lowest BCUT2D eigenvalue weighted by Gasteiger charge is -2.21. The van der Waals surface area contributed by atoms with Gasteiger partial charge in [0, 0.05) is 49.1 Å². The molecule has 0 saturated heterocycles. The third-order valence-corrected chi connectivity index (χ3v) is 5.82. The predicted molar refractivity (Wildman–Crippen MR) is 113 cm³/mol. The molecule has 1 saturated carbocycles. The Balaban J connectivity index is 1.53. The third-order valence-electron chi connectivity index (χ3n) is 4.95. The molecule has 1 unspecified atom stereocenters. The number of methoxy groups -OCH3 is 1. The summed E-state index contributed by atoms with van der Waals surface area (Å²) in [5.74, 6) is 2.39. The Hall–Kier alpha value is -2.52. The molecule has 0 amide bonds. The smallest absolute Gasteiger partial charge is 0.235 e. The van der Waals surface area contributed by atoms with E-state index < -0.39 is 0 Å². The van der Waals surface area contributed by atoms with Crippen molar-refractivity contribution in [3.05, 3.63) is 48.3 Å². The molecule has 8 nitrogen and oxygen atoms in total. The van der Waals surface area contributed by atoms with Gasteiger partial charge in [0.25, 0.3) is 0 Å². The van der Waals surface area contributed by atoms with Gasteiger partial charge in [-0.1, -0.05) is 6.92 Å². The van der Waals surface area contributed by atoms with Gasteiger partial charge < -0.3 is 4.74 Å². The van der Waals surface area contributed by atoms with Gasteiger partial charge in [-0.05, 0) is 49.4 Å². The van der Waals surface area contributed by atoms with Crippen molar-refractivity contribution in [2.24, 2.45) is 0 Å². The summed E-state index contributed by atoms with van der Waals surface area (Å²) >= 11 is 1.60. The minimum Gasteiger partial charge on any atom is -0.382 e. The van der Waals surface area contributed by atoms with E-state index in [1.807, 2.05) is 37.6 Å². The molecule has 9 heteroatoms. The molecule has 1 aliphatic rings. The molecule has 0 bridgehead atoms. The number of aromatic nitrogens is 6.